The van der Waals surface area contributed by atoms with Crippen molar-refractivity contribution in [3.8, 4) is 0 Å². The minimum atomic E-state index is 0.806. The lowest BCUT2D eigenvalue weighted by Crippen LogP contribution is -2.02. The van der Waals surface area contributed by atoms with Crippen LogP contribution in [-0.2, 0) is 0 Å². The van der Waals surface area contributed by atoms with E-state index in [4.69, 9.17) is 0 Å². The first kappa shape index (κ1) is 13.1. The summed E-state index contributed by atoms with van der Waals surface area (Å²) >= 11 is 12.7. The van der Waals surface area contributed by atoms with Crippen LogP contribution in [0.5, 0.6) is 0 Å². The maximum atomic E-state index is 4.35. The van der Waals surface area contributed by atoms with Crippen molar-refractivity contribution in [1.29, 1.82) is 0 Å². The van der Waals surface area contributed by atoms with E-state index in [1.54, 1.807) is 0 Å². The first-order chi connectivity index (χ1) is 5.85. The highest BCUT2D eigenvalue weighted by atomic mass is 32.1. The first-order valence-corrected chi connectivity index (χ1v) is 6.57. The number of unbranched alkanes of at least 4 members (excludes halogenated alkanes) is 1. The summed E-state index contributed by atoms with van der Waals surface area (Å²) < 4.78 is 0. The van der Waals surface area contributed by atoms with Gasteiger partial charge >= 0.3 is 0 Å². The summed E-state index contributed by atoms with van der Waals surface area (Å²) in [6.07, 6.45) is 6.39. The van der Waals surface area contributed by atoms with E-state index in [2.05, 4.69) is 37.9 Å². The van der Waals surface area contributed by atoms with E-state index in [1.165, 1.54) is 32.1 Å². The summed E-state index contributed by atoms with van der Waals surface area (Å²) in [4.78, 5) is 0. The van der Waals surface area contributed by atoms with Gasteiger partial charge in [0.1, 0.15) is 0 Å². The van der Waals surface area contributed by atoms with E-state index in [9.17, 15) is 0 Å². The number of thiol groups is 3. The summed E-state index contributed by atoms with van der Waals surface area (Å²) in [7, 11) is 0. The van der Waals surface area contributed by atoms with Crippen molar-refractivity contribution in [2.75, 3.05) is 17.3 Å². The molecule has 0 heterocycles. The third-order valence-corrected chi connectivity index (χ3v) is 3.20. The maximum Gasteiger partial charge on any atom is -0.00695 e. The smallest absolute Gasteiger partial charge is 0.00695 e. The van der Waals surface area contributed by atoms with Crippen LogP contribution in [0.15, 0.2) is 0 Å². The first-order valence-electron chi connectivity index (χ1n) is 4.67. The van der Waals surface area contributed by atoms with Crippen molar-refractivity contribution in [3.05, 3.63) is 0 Å². The summed E-state index contributed by atoms with van der Waals surface area (Å²) in [5.74, 6) is 3.86. The largest absolute Gasteiger partial charge is 0.179 e. The van der Waals surface area contributed by atoms with Gasteiger partial charge in [0.2, 0.25) is 0 Å². The normalized spacial score (nSPS) is 13.2. The second-order valence-electron chi connectivity index (χ2n) is 3.13. The molecule has 0 amide bonds. The van der Waals surface area contributed by atoms with Crippen molar-refractivity contribution in [3.63, 3.8) is 0 Å². The Morgan fingerprint density at radius 1 is 0.750 bits per heavy atom. The van der Waals surface area contributed by atoms with Gasteiger partial charge in [0, 0.05) is 0 Å². The molecule has 1 unspecified atom stereocenters. The van der Waals surface area contributed by atoms with Crippen molar-refractivity contribution in [2.45, 2.75) is 32.1 Å². The number of hydrogen-bond acceptors (Lipinski definition) is 3. The minimum Gasteiger partial charge on any atom is -0.179 e. The molecule has 0 aromatic carbocycles. The second-order valence-corrected chi connectivity index (χ2v) is 4.39. The van der Waals surface area contributed by atoms with E-state index in [1.807, 2.05) is 0 Å². The van der Waals surface area contributed by atoms with Crippen molar-refractivity contribution in [2.24, 2.45) is 5.92 Å². The molecule has 0 aliphatic carbocycles. The Kier molecular flexibility index (Phi) is 11.0. The molecular formula is C9H20S3. The van der Waals surface area contributed by atoms with E-state index >= 15 is 0 Å². The molecule has 0 bridgehead atoms. The predicted molar refractivity (Wildman–Crippen MR) is 68.1 cm³/mol. The fraction of sp³-hybridized carbons (Fsp3) is 1.00. The van der Waals surface area contributed by atoms with Gasteiger partial charge < -0.3 is 0 Å². The lowest BCUT2D eigenvalue weighted by molar-refractivity contribution is 0.477. The quantitative estimate of drug-likeness (QED) is 0.409. The van der Waals surface area contributed by atoms with Gasteiger partial charge in [-0.05, 0) is 48.9 Å². The molecule has 0 saturated heterocycles. The SMILES string of the molecule is SCCCCC(CS)CCCS. The van der Waals surface area contributed by atoms with Crippen LogP contribution in [-0.4, -0.2) is 17.3 Å². The lowest BCUT2D eigenvalue weighted by Gasteiger charge is -2.12. The van der Waals surface area contributed by atoms with Gasteiger partial charge in [-0.15, -0.1) is 0 Å². The van der Waals surface area contributed by atoms with Crippen molar-refractivity contribution in [1.82, 2.24) is 0 Å². The molecule has 0 nitrogen and oxygen atoms in total. The van der Waals surface area contributed by atoms with Crippen molar-refractivity contribution >= 4 is 37.9 Å². The van der Waals surface area contributed by atoms with Crippen LogP contribution in [0.3, 0.4) is 0 Å². The van der Waals surface area contributed by atoms with E-state index in [-0.39, 0.29) is 0 Å². The Balaban J connectivity index is 3.26. The third-order valence-electron chi connectivity index (χ3n) is 2.05. The molecule has 3 heteroatoms. The van der Waals surface area contributed by atoms with Crippen LogP contribution < -0.4 is 0 Å². The Morgan fingerprint density at radius 2 is 1.33 bits per heavy atom. The zero-order chi connectivity index (χ0) is 9.23. The Bertz CT molecular complexity index is 85.8. The summed E-state index contributed by atoms with van der Waals surface area (Å²) in [6, 6.07) is 0. The summed E-state index contributed by atoms with van der Waals surface area (Å²) in [5.41, 5.74) is 0. The third kappa shape index (κ3) is 7.69. The summed E-state index contributed by atoms with van der Waals surface area (Å²) in [5, 5.41) is 0. The highest BCUT2D eigenvalue weighted by Crippen LogP contribution is 2.16. The molecule has 0 aliphatic heterocycles. The van der Waals surface area contributed by atoms with Gasteiger partial charge in [-0.1, -0.05) is 6.42 Å². The molecule has 0 spiro atoms. The minimum absolute atomic E-state index is 0.806. The van der Waals surface area contributed by atoms with E-state index in [0.29, 0.717) is 0 Å². The molecule has 0 aromatic rings. The second kappa shape index (κ2) is 10.1. The molecule has 0 aliphatic rings. The zero-order valence-electron chi connectivity index (χ0n) is 7.58. The zero-order valence-corrected chi connectivity index (χ0v) is 10.3. The highest BCUT2D eigenvalue weighted by Gasteiger charge is 2.04. The van der Waals surface area contributed by atoms with Gasteiger partial charge in [-0.3, -0.25) is 0 Å². The van der Waals surface area contributed by atoms with Gasteiger partial charge in [-0.25, -0.2) is 0 Å². The number of hydrogen-bond donors (Lipinski definition) is 3. The van der Waals surface area contributed by atoms with Gasteiger partial charge in [0.15, 0.2) is 0 Å². The topological polar surface area (TPSA) is 0 Å². The Hall–Kier alpha value is 1.05. The Morgan fingerprint density at radius 3 is 1.83 bits per heavy atom. The van der Waals surface area contributed by atoms with E-state index < -0.39 is 0 Å². The molecule has 0 rings (SSSR count). The molecule has 12 heavy (non-hydrogen) atoms. The van der Waals surface area contributed by atoms with Gasteiger partial charge in [0.25, 0.3) is 0 Å². The van der Waals surface area contributed by atoms with Crippen LogP contribution in [0.1, 0.15) is 32.1 Å². The van der Waals surface area contributed by atoms with Crippen LogP contribution in [0.2, 0.25) is 0 Å². The van der Waals surface area contributed by atoms with Crippen LogP contribution >= 0.6 is 37.9 Å². The molecule has 1 atom stereocenters. The van der Waals surface area contributed by atoms with Crippen LogP contribution in [0.4, 0.5) is 0 Å². The summed E-state index contributed by atoms with van der Waals surface area (Å²) in [6.45, 7) is 0. The predicted octanol–water partition coefficient (Wildman–Crippen LogP) is 3.34. The fourth-order valence-electron chi connectivity index (χ4n) is 1.25. The lowest BCUT2D eigenvalue weighted by atomic mass is 9.99. The fourth-order valence-corrected chi connectivity index (χ4v) is 2.02. The monoisotopic (exact) mass is 224 g/mol. The molecule has 0 aromatic heterocycles. The van der Waals surface area contributed by atoms with Crippen molar-refractivity contribution < 1.29 is 0 Å². The average Bonchev–Trinajstić information content (AvgIpc) is 2.11. The van der Waals surface area contributed by atoms with Gasteiger partial charge in [-0.2, -0.15) is 37.9 Å². The Labute approximate surface area is 93.1 Å². The molecule has 0 saturated carbocycles. The molecule has 0 radical (unpaired) electrons. The highest BCUT2D eigenvalue weighted by molar-refractivity contribution is 7.80. The van der Waals surface area contributed by atoms with Gasteiger partial charge in [0.05, 0.1) is 0 Å². The molecular weight excluding hydrogens is 204 g/mol. The maximum absolute atomic E-state index is 4.35. The molecule has 74 valence electrons. The van der Waals surface area contributed by atoms with Crippen LogP contribution in [0.25, 0.3) is 0 Å². The number of rotatable bonds is 8. The standard InChI is InChI=1S/C9H20S3/c10-6-2-1-4-9(8-12)5-3-7-11/h9-12H,1-8H2. The molecule has 0 fully saturated rings. The van der Waals surface area contributed by atoms with Crippen LogP contribution in [0, 0.1) is 5.92 Å². The molecule has 0 N–H and O–H groups in total. The average molecular weight is 224 g/mol. The van der Waals surface area contributed by atoms with E-state index in [0.717, 1.165) is 23.2 Å².